The van der Waals surface area contributed by atoms with E-state index in [1.165, 1.54) is 11.1 Å². The lowest BCUT2D eigenvalue weighted by Crippen LogP contribution is -2.41. The Morgan fingerprint density at radius 3 is 2.48 bits per heavy atom. The van der Waals surface area contributed by atoms with Crippen molar-refractivity contribution in [2.75, 3.05) is 20.8 Å². The molecule has 2 heterocycles. The minimum Gasteiger partial charge on any atom is -0.504 e. The zero-order valence-corrected chi connectivity index (χ0v) is 14.7. The van der Waals surface area contributed by atoms with Crippen LogP contribution < -0.4 is 9.47 Å². The summed E-state index contributed by atoms with van der Waals surface area (Å²) < 4.78 is 11.0. The van der Waals surface area contributed by atoms with Crippen LogP contribution in [0.1, 0.15) is 41.1 Å². The molecule has 2 aliphatic heterocycles. The summed E-state index contributed by atoms with van der Waals surface area (Å²) in [6.07, 6.45) is 0.924. The minimum absolute atomic E-state index is 0.0147. The highest BCUT2D eigenvalue weighted by Crippen LogP contribution is 2.50. The number of hydrogen-bond acceptors (Lipinski definition) is 5. The molecule has 0 bridgehead atoms. The summed E-state index contributed by atoms with van der Waals surface area (Å²) in [5, 5.41) is 20.1. The molecule has 0 aromatic heterocycles. The normalized spacial score (nSPS) is 21.9. The Balaban J connectivity index is 1.84. The van der Waals surface area contributed by atoms with E-state index in [0.29, 0.717) is 6.54 Å². The first-order chi connectivity index (χ1) is 12.0. The molecule has 132 valence electrons. The summed E-state index contributed by atoms with van der Waals surface area (Å²) in [5.41, 5.74) is 4.48. The highest BCUT2D eigenvalue weighted by molar-refractivity contribution is 5.55. The van der Waals surface area contributed by atoms with Crippen molar-refractivity contribution in [2.45, 2.75) is 31.8 Å². The number of nitrogens with zero attached hydrogens (tertiary/aromatic N) is 1. The van der Waals surface area contributed by atoms with Gasteiger partial charge in [-0.2, -0.15) is 0 Å². The standard InChI is InChI=1S/C20H23NO4/c1-11-13-4-5-16(22)20(23)15(13)10-21-7-6-12-8-17(24-2)18(25-3)9-14(12)19(11)21/h4-5,8-9,11,19,22-23H,6-7,10H2,1-3H3. The first-order valence-electron chi connectivity index (χ1n) is 8.57. The number of methoxy groups -OCH3 is 2. The monoisotopic (exact) mass is 341 g/mol. The molecule has 25 heavy (non-hydrogen) atoms. The molecule has 0 spiro atoms. The zero-order chi connectivity index (χ0) is 17.7. The van der Waals surface area contributed by atoms with E-state index in [1.807, 2.05) is 6.07 Å². The Kier molecular flexibility index (Phi) is 3.76. The van der Waals surface area contributed by atoms with E-state index in [1.54, 1.807) is 20.3 Å². The maximum Gasteiger partial charge on any atom is 0.162 e. The van der Waals surface area contributed by atoms with Crippen molar-refractivity contribution in [3.63, 3.8) is 0 Å². The van der Waals surface area contributed by atoms with Crippen molar-refractivity contribution in [1.82, 2.24) is 4.90 Å². The van der Waals surface area contributed by atoms with Crippen molar-refractivity contribution in [2.24, 2.45) is 0 Å². The van der Waals surface area contributed by atoms with Crippen molar-refractivity contribution in [3.05, 3.63) is 46.5 Å². The summed E-state index contributed by atoms with van der Waals surface area (Å²) in [7, 11) is 3.32. The molecule has 0 fully saturated rings. The van der Waals surface area contributed by atoms with Crippen LogP contribution in [-0.4, -0.2) is 35.9 Å². The molecule has 2 atom stereocenters. The van der Waals surface area contributed by atoms with Gasteiger partial charge in [-0.1, -0.05) is 13.0 Å². The van der Waals surface area contributed by atoms with Crippen LogP contribution in [0.15, 0.2) is 24.3 Å². The molecule has 0 aliphatic carbocycles. The van der Waals surface area contributed by atoms with E-state index in [0.717, 1.165) is 35.6 Å². The average molecular weight is 341 g/mol. The summed E-state index contributed by atoms with van der Waals surface area (Å²) in [4.78, 5) is 2.38. The molecular formula is C20H23NO4. The average Bonchev–Trinajstić information content (AvgIpc) is 2.63. The molecule has 0 radical (unpaired) electrons. The van der Waals surface area contributed by atoms with Crippen molar-refractivity contribution < 1.29 is 19.7 Å². The van der Waals surface area contributed by atoms with Gasteiger partial charge in [-0.3, -0.25) is 4.90 Å². The number of fused-ring (bicyclic) bond motifs is 4. The molecule has 0 amide bonds. The predicted octanol–water partition coefficient (Wildman–Crippen LogP) is 3.33. The molecular weight excluding hydrogens is 318 g/mol. The lowest BCUT2D eigenvalue weighted by atomic mass is 9.77. The second-order valence-corrected chi connectivity index (χ2v) is 6.86. The van der Waals surface area contributed by atoms with Gasteiger partial charge in [0.2, 0.25) is 0 Å². The van der Waals surface area contributed by atoms with E-state index in [2.05, 4.69) is 24.0 Å². The van der Waals surface area contributed by atoms with Gasteiger partial charge >= 0.3 is 0 Å². The Morgan fingerprint density at radius 2 is 1.76 bits per heavy atom. The van der Waals surface area contributed by atoms with Crippen LogP contribution in [-0.2, 0) is 13.0 Å². The van der Waals surface area contributed by atoms with Gasteiger partial charge in [-0.15, -0.1) is 0 Å². The Morgan fingerprint density at radius 1 is 1.04 bits per heavy atom. The van der Waals surface area contributed by atoms with Gasteiger partial charge in [0.05, 0.1) is 14.2 Å². The highest BCUT2D eigenvalue weighted by Gasteiger charge is 2.39. The molecule has 2 N–H and O–H groups in total. The Labute approximate surface area is 147 Å². The van der Waals surface area contributed by atoms with E-state index < -0.39 is 0 Å². The molecule has 5 nitrogen and oxygen atoms in total. The Bertz CT molecular complexity index is 833. The third-order valence-electron chi connectivity index (χ3n) is 5.65. The number of rotatable bonds is 2. The summed E-state index contributed by atoms with van der Waals surface area (Å²) in [6, 6.07) is 7.91. The van der Waals surface area contributed by atoms with Gasteiger partial charge in [0.25, 0.3) is 0 Å². The number of benzene rings is 2. The van der Waals surface area contributed by atoms with E-state index in [4.69, 9.17) is 9.47 Å². The topological polar surface area (TPSA) is 62.2 Å². The van der Waals surface area contributed by atoms with Gasteiger partial charge < -0.3 is 19.7 Å². The number of hydrogen-bond donors (Lipinski definition) is 2. The van der Waals surface area contributed by atoms with Crippen LogP contribution in [0.3, 0.4) is 0 Å². The van der Waals surface area contributed by atoms with Gasteiger partial charge in [0.15, 0.2) is 23.0 Å². The van der Waals surface area contributed by atoms with Gasteiger partial charge in [-0.25, -0.2) is 0 Å². The first kappa shape index (κ1) is 16.1. The number of phenolic OH excluding ortho intramolecular Hbond substituents is 2. The smallest absolute Gasteiger partial charge is 0.162 e. The van der Waals surface area contributed by atoms with Crippen LogP contribution in [0.4, 0.5) is 0 Å². The number of ether oxygens (including phenoxy) is 2. The second kappa shape index (κ2) is 5.85. The molecule has 2 aromatic carbocycles. The molecule has 2 unspecified atom stereocenters. The fourth-order valence-electron chi connectivity index (χ4n) is 4.40. The molecule has 2 aromatic rings. The van der Waals surface area contributed by atoms with Crippen LogP contribution >= 0.6 is 0 Å². The molecule has 2 aliphatic rings. The Hall–Kier alpha value is -2.40. The van der Waals surface area contributed by atoms with Crippen molar-refractivity contribution in [3.8, 4) is 23.0 Å². The largest absolute Gasteiger partial charge is 0.504 e. The third-order valence-corrected chi connectivity index (χ3v) is 5.65. The molecule has 4 rings (SSSR count). The van der Waals surface area contributed by atoms with Crippen molar-refractivity contribution in [1.29, 1.82) is 0 Å². The molecule has 0 saturated carbocycles. The lowest BCUT2D eigenvalue weighted by Gasteiger charge is -2.45. The van der Waals surface area contributed by atoms with E-state index in [9.17, 15) is 10.2 Å². The van der Waals surface area contributed by atoms with Crippen LogP contribution in [0.2, 0.25) is 0 Å². The summed E-state index contributed by atoms with van der Waals surface area (Å²) >= 11 is 0. The van der Waals surface area contributed by atoms with Gasteiger partial charge in [-0.05, 0) is 41.3 Å². The summed E-state index contributed by atoms with van der Waals surface area (Å²) in [5.74, 6) is 1.68. The first-order valence-corrected chi connectivity index (χ1v) is 8.57. The lowest BCUT2D eigenvalue weighted by molar-refractivity contribution is 0.136. The van der Waals surface area contributed by atoms with Crippen LogP contribution in [0.25, 0.3) is 0 Å². The maximum absolute atomic E-state index is 10.3. The predicted molar refractivity (Wildman–Crippen MR) is 94.6 cm³/mol. The fourth-order valence-corrected chi connectivity index (χ4v) is 4.40. The van der Waals surface area contributed by atoms with Crippen molar-refractivity contribution >= 4 is 0 Å². The number of phenols is 2. The quantitative estimate of drug-likeness (QED) is 0.821. The molecule has 5 heteroatoms. The number of aromatic hydroxyl groups is 2. The molecule has 0 saturated heterocycles. The van der Waals surface area contributed by atoms with E-state index >= 15 is 0 Å². The zero-order valence-electron chi connectivity index (χ0n) is 14.7. The summed E-state index contributed by atoms with van der Waals surface area (Å²) in [6.45, 7) is 3.72. The van der Waals surface area contributed by atoms with Gasteiger partial charge in [0.1, 0.15) is 0 Å². The SMILES string of the molecule is COc1cc2c(cc1OC)C1C(C)c3ccc(O)c(O)c3CN1CC2. The third kappa shape index (κ3) is 2.34. The highest BCUT2D eigenvalue weighted by atomic mass is 16.5. The van der Waals surface area contributed by atoms with Gasteiger partial charge in [0, 0.05) is 30.6 Å². The van der Waals surface area contributed by atoms with Crippen LogP contribution in [0, 0.1) is 0 Å². The van der Waals surface area contributed by atoms with Crippen LogP contribution in [0.5, 0.6) is 23.0 Å². The second-order valence-electron chi connectivity index (χ2n) is 6.86. The fraction of sp³-hybridized carbons (Fsp3) is 0.400. The maximum atomic E-state index is 10.3. The van der Waals surface area contributed by atoms with E-state index in [-0.39, 0.29) is 23.5 Å². The minimum atomic E-state index is -0.0479.